The number of nitrogens with zero attached hydrogens (tertiary/aromatic N) is 2. The van der Waals surface area contributed by atoms with Crippen molar-refractivity contribution in [2.45, 2.75) is 19.1 Å². The highest BCUT2D eigenvalue weighted by atomic mass is 127. The predicted octanol–water partition coefficient (Wildman–Crippen LogP) is 4.03. The van der Waals surface area contributed by atoms with Gasteiger partial charge in [-0.2, -0.15) is 13.2 Å². The third kappa shape index (κ3) is 7.08. The number of nitrogens with one attached hydrogen (secondary N) is 3. The van der Waals surface area contributed by atoms with Gasteiger partial charge in [0.15, 0.2) is 12.6 Å². The predicted molar refractivity (Wildman–Crippen MR) is 121 cm³/mol. The molecule has 0 amide bonds. The maximum atomic E-state index is 12.2. The summed E-state index contributed by atoms with van der Waals surface area (Å²) in [4.78, 5) is 11.3. The Kier molecular flexibility index (Phi) is 8.75. The smallest absolute Gasteiger partial charge is 0.422 e. The average Bonchev–Trinajstić information content (AvgIpc) is 3.12. The zero-order chi connectivity index (χ0) is 20.7. The number of hydrogen-bond donors (Lipinski definition) is 3. The minimum Gasteiger partial charge on any atom is -0.468 e. The first-order valence-corrected chi connectivity index (χ1v) is 9.08. The van der Waals surface area contributed by atoms with E-state index in [1.807, 2.05) is 24.4 Å². The average molecular weight is 533 g/mol. The molecular formula is C20H23F3IN5O. The topological polar surface area (TPSA) is 74.3 Å². The Morgan fingerprint density at radius 3 is 2.67 bits per heavy atom. The fraction of sp³-hybridized carbons (Fsp3) is 0.300. The fourth-order valence-electron chi connectivity index (χ4n) is 2.82. The molecule has 0 bridgehead atoms. The van der Waals surface area contributed by atoms with Crippen LogP contribution in [0.4, 0.5) is 13.2 Å². The molecule has 30 heavy (non-hydrogen) atoms. The van der Waals surface area contributed by atoms with Crippen LogP contribution < -0.4 is 15.4 Å². The highest BCUT2D eigenvalue weighted by molar-refractivity contribution is 14.0. The normalized spacial score (nSPS) is 11.8. The molecule has 0 aliphatic rings. The van der Waals surface area contributed by atoms with Gasteiger partial charge in [0.25, 0.3) is 0 Å². The molecule has 0 saturated heterocycles. The summed E-state index contributed by atoms with van der Waals surface area (Å²) in [5.74, 6) is 0.564. The number of guanidine groups is 1. The number of aromatic nitrogens is 2. The second kappa shape index (κ2) is 11.0. The van der Waals surface area contributed by atoms with Crippen molar-refractivity contribution in [3.05, 3.63) is 59.9 Å². The van der Waals surface area contributed by atoms with Crippen LogP contribution in [0.15, 0.2) is 53.8 Å². The molecule has 0 saturated carbocycles. The van der Waals surface area contributed by atoms with Gasteiger partial charge in [0.05, 0.1) is 0 Å². The van der Waals surface area contributed by atoms with Crippen molar-refractivity contribution in [2.24, 2.45) is 4.99 Å². The van der Waals surface area contributed by atoms with E-state index in [4.69, 9.17) is 0 Å². The van der Waals surface area contributed by atoms with Crippen molar-refractivity contribution < 1.29 is 17.9 Å². The zero-order valence-electron chi connectivity index (χ0n) is 16.3. The first-order valence-electron chi connectivity index (χ1n) is 9.08. The molecule has 10 heteroatoms. The summed E-state index contributed by atoms with van der Waals surface area (Å²) < 4.78 is 41.1. The van der Waals surface area contributed by atoms with Crippen molar-refractivity contribution >= 4 is 40.8 Å². The molecule has 2 aromatic heterocycles. The van der Waals surface area contributed by atoms with Crippen LogP contribution in [-0.4, -0.2) is 42.3 Å². The van der Waals surface area contributed by atoms with Gasteiger partial charge in [-0.3, -0.25) is 4.99 Å². The molecule has 0 radical (unpaired) electrons. The number of hydrogen-bond acceptors (Lipinski definition) is 3. The number of aromatic amines is 1. The van der Waals surface area contributed by atoms with E-state index >= 15 is 0 Å². The van der Waals surface area contributed by atoms with Gasteiger partial charge in [-0.1, -0.05) is 24.3 Å². The number of H-pyrrole nitrogens is 1. The maximum absolute atomic E-state index is 12.2. The van der Waals surface area contributed by atoms with E-state index in [0.717, 1.165) is 17.5 Å². The van der Waals surface area contributed by atoms with E-state index in [0.29, 0.717) is 19.0 Å². The number of alkyl halides is 3. The number of benzene rings is 1. The number of pyridine rings is 1. The number of halogens is 4. The largest absolute Gasteiger partial charge is 0.468 e. The van der Waals surface area contributed by atoms with Gasteiger partial charge in [0.1, 0.15) is 0 Å². The maximum Gasteiger partial charge on any atom is 0.422 e. The molecule has 0 fully saturated rings. The Labute approximate surface area is 189 Å². The van der Waals surface area contributed by atoms with E-state index < -0.39 is 12.8 Å². The van der Waals surface area contributed by atoms with Crippen molar-refractivity contribution in [2.75, 3.05) is 20.2 Å². The SMILES string of the molecule is CN=C(NCCc1c[nH]c2ccccc12)NCc1ccc(OCC(F)(F)F)nc1.I. The van der Waals surface area contributed by atoms with Gasteiger partial charge < -0.3 is 20.4 Å². The second-order valence-electron chi connectivity index (χ2n) is 6.37. The lowest BCUT2D eigenvalue weighted by Crippen LogP contribution is -2.37. The molecule has 0 atom stereocenters. The Bertz CT molecular complexity index is 957. The van der Waals surface area contributed by atoms with Crippen LogP contribution in [0.25, 0.3) is 10.9 Å². The summed E-state index contributed by atoms with van der Waals surface area (Å²) in [6.07, 6.45) is -0.0706. The van der Waals surface area contributed by atoms with Crippen molar-refractivity contribution in [3.8, 4) is 5.88 Å². The molecule has 2 heterocycles. The molecular weight excluding hydrogens is 510 g/mol. The molecule has 3 rings (SSSR count). The first-order chi connectivity index (χ1) is 13.9. The number of rotatable bonds is 7. The third-order valence-electron chi connectivity index (χ3n) is 4.23. The van der Waals surface area contributed by atoms with Gasteiger partial charge in [0.2, 0.25) is 5.88 Å². The van der Waals surface area contributed by atoms with Gasteiger partial charge >= 0.3 is 6.18 Å². The highest BCUT2D eigenvalue weighted by Crippen LogP contribution is 2.18. The molecule has 3 N–H and O–H groups in total. The molecule has 1 aromatic carbocycles. The van der Waals surface area contributed by atoms with Crippen LogP contribution in [0.5, 0.6) is 5.88 Å². The number of ether oxygens (including phenoxy) is 1. The quantitative estimate of drug-likeness (QED) is 0.244. The van der Waals surface area contributed by atoms with Gasteiger partial charge in [-0.25, -0.2) is 4.98 Å². The van der Waals surface area contributed by atoms with E-state index in [2.05, 4.69) is 36.4 Å². The summed E-state index contributed by atoms with van der Waals surface area (Å²) in [7, 11) is 1.67. The van der Waals surface area contributed by atoms with E-state index in [1.165, 1.54) is 23.2 Å². The minimum absolute atomic E-state index is 0. The van der Waals surface area contributed by atoms with Gasteiger partial charge in [0, 0.05) is 49.5 Å². The van der Waals surface area contributed by atoms with Crippen LogP contribution >= 0.6 is 24.0 Å². The first kappa shape index (κ1) is 23.8. The van der Waals surface area contributed by atoms with Crippen LogP contribution in [0, 0.1) is 0 Å². The lowest BCUT2D eigenvalue weighted by molar-refractivity contribution is -0.154. The summed E-state index contributed by atoms with van der Waals surface area (Å²) in [6, 6.07) is 11.2. The molecule has 0 aliphatic heterocycles. The van der Waals surface area contributed by atoms with Crippen LogP contribution in [0.1, 0.15) is 11.1 Å². The third-order valence-corrected chi connectivity index (χ3v) is 4.23. The number of para-hydroxylation sites is 1. The number of fused-ring (bicyclic) bond motifs is 1. The Balaban J connectivity index is 0.00000320. The number of aliphatic imine (C=N–C) groups is 1. The van der Waals surface area contributed by atoms with Gasteiger partial charge in [-0.15, -0.1) is 24.0 Å². The van der Waals surface area contributed by atoms with Crippen molar-refractivity contribution in [1.29, 1.82) is 0 Å². The molecule has 3 aromatic rings. The summed E-state index contributed by atoms with van der Waals surface area (Å²) in [5.41, 5.74) is 3.13. The molecule has 162 valence electrons. The van der Waals surface area contributed by atoms with Crippen molar-refractivity contribution in [3.63, 3.8) is 0 Å². The molecule has 0 spiro atoms. The highest BCUT2D eigenvalue weighted by Gasteiger charge is 2.28. The monoisotopic (exact) mass is 533 g/mol. The standard InChI is InChI=1S/C20H22F3N5O.HI/c1-24-19(25-9-8-15-12-26-17-5-3-2-4-16(15)17)28-11-14-6-7-18(27-10-14)29-13-20(21,22)23;/h2-7,10,12,26H,8-9,11,13H2,1H3,(H2,24,25,28);1H. The van der Waals surface area contributed by atoms with E-state index in [1.54, 1.807) is 13.1 Å². The van der Waals surface area contributed by atoms with E-state index in [9.17, 15) is 13.2 Å². The van der Waals surface area contributed by atoms with E-state index in [-0.39, 0.29) is 29.9 Å². The van der Waals surface area contributed by atoms with Crippen LogP contribution in [0.3, 0.4) is 0 Å². The Hall–Kier alpha value is -2.50. The lowest BCUT2D eigenvalue weighted by Gasteiger charge is -2.12. The van der Waals surface area contributed by atoms with Crippen molar-refractivity contribution in [1.82, 2.24) is 20.6 Å². The minimum atomic E-state index is -4.38. The van der Waals surface area contributed by atoms with Crippen LogP contribution in [-0.2, 0) is 13.0 Å². The molecule has 6 nitrogen and oxygen atoms in total. The Morgan fingerprint density at radius 1 is 1.17 bits per heavy atom. The molecule has 0 unspecified atom stereocenters. The Morgan fingerprint density at radius 2 is 1.97 bits per heavy atom. The van der Waals surface area contributed by atoms with Crippen LogP contribution in [0.2, 0.25) is 0 Å². The summed E-state index contributed by atoms with van der Waals surface area (Å²) in [6.45, 7) is -0.228. The summed E-state index contributed by atoms with van der Waals surface area (Å²) >= 11 is 0. The fourth-order valence-corrected chi connectivity index (χ4v) is 2.82. The second-order valence-corrected chi connectivity index (χ2v) is 6.37. The van der Waals surface area contributed by atoms with Gasteiger partial charge in [-0.05, 0) is 23.6 Å². The summed E-state index contributed by atoms with van der Waals surface area (Å²) in [5, 5.41) is 7.60. The lowest BCUT2D eigenvalue weighted by atomic mass is 10.1. The molecule has 0 aliphatic carbocycles. The zero-order valence-corrected chi connectivity index (χ0v) is 18.6.